The standard InChI is InChI=1S/C15H23ClO/c1-4-5-14(16)9-6-13-7-10-15(11-8-13)17-12(2)3/h7-8,10-12,14H,4-6,9H2,1-3H3. The number of aryl methyl sites for hydroxylation is 1. The summed E-state index contributed by atoms with van der Waals surface area (Å²) in [6.07, 6.45) is 4.61. The van der Waals surface area contributed by atoms with Gasteiger partial charge in [0.25, 0.3) is 0 Å². The van der Waals surface area contributed by atoms with E-state index < -0.39 is 0 Å². The number of hydrogen-bond acceptors (Lipinski definition) is 1. The molecule has 2 heteroatoms. The Morgan fingerprint density at radius 3 is 2.29 bits per heavy atom. The Hall–Kier alpha value is -0.690. The van der Waals surface area contributed by atoms with E-state index in [1.54, 1.807) is 0 Å². The molecule has 1 atom stereocenters. The molecule has 0 saturated heterocycles. The van der Waals surface area contributed by atoms with Crippen molar-refractivity contribution in [2.45, 2.75) is 57.9 Å². The molecular formula is C15H23ClO. The molecule has 0 spiro atoms. The average Bonchev–Trinajstić information content (AvgIpc) is 2.28. The molecule has 0 saturated carbocycles. The molecule has 0 aromatic heterocycles. The molecular weight excluding hydrogens is 232 g/mol. The lowest BCUT2D eigenvalue weighted by molar-refractivity contribution is 0.242. The highest BCUT2D eigenvalue weighted by Gasteiger charge is 2.04. The van der Waals surface area contributed by atoms with Crippen LogP contribution >= 0.6 is 11.6 Å². The van der Waals surface area contributed by atoms with Crippen molar-refractivity contribution >= 4 is 11.6 Å². The molecule has 0 fully saturated rings. The van der Waals surface area contributed by atoms with E-state index in [1.807, 2.05) is 26.0 Å². The minimum atomic E-state index is 0.234. The highest BCUT2D eigenvalue weighted by atomic mass is 35.5. The van der Waals surface area contributed by atoms with E-state index in [0.717, 1.165) is 31.4 Å². The minimum Gasteiger partial charge on any atom is -0.491 e. The van der Waals surface area contributed by atoms with Gasteiger partial charge in [-0.3, -0.25) is 0 Å². The first-order valence-corrected chi connectivity index (χ1v) is 6.95. The number of rotatable bonds is 7. The maximum absolute atomic E-state index is 6.21. The van der Waals surface area contributed by atoms with Crippen molar-refractivity contribution in [3.63, 3.8) is 0 Å². The topological polar surface area (TPSA) is 9.23 Å². The van der Waals surface area contributed by atoms with Crippen LogP contribution in [-0.2, 0) is 6.42 Å². The van der Waals surface area contributed by atoms with Crippen molar-refractivity contribution in [2.75, 3.05) is 0 Å². The van der Waals surface area contributed by atoms with Crippen molar-refractivity contribution in [3.05, 3.63) is 29.8 Å². The van der Waals surface area contributed by atoms with E-state index in [2.05, 4.69) is 19.1 Å². The largest absolute Gasteiger partial charge is 0.491 e. The second kappa shape index (κ2) is 7.60. The van der Waals surface area contributed by atoms with Gasteiger partial charge in [0.15, 0.2) is 0 Å². The van der Waals surface area contributed by atoms with E-state index >= 15 is 0 Å². The van der Waals surface area contributed by atoms with Crippen molar-refractivity contribution < 1.29 is 4.74 Å². The van der Waals surface area contributed by atoms with E-state index in [-0.39, 0.29) is 6.10 Å². The monoisotopic (exact) mass is 254 g/mol. The third kappa shape index (κ3) is 5.97. The second-order valence-corrected chi connectivity index (χ2v) is 5.35. The Kier molecular flexibility index (Phi) is 6.43. The maximum Gasteiger partial charge on any atom is 0.119 e. The van der Waals surface area contributed by atoms with Crippen LogP contribution in [0.5, 0.6) is 5.75 Å². The van der Waals surface area contributed by atoms with Gasteiger partial charge in [-0.1, -0.05) is 25.5 Å². The summed E-state index contributed by atoms with van der Waals surface area (Å²) < 4.78 is 5.61. The normalized spacial score (nSPS) is 12.8. The summed E-state index contributed by atoms with van der Waals surface area (Å²) in [6, 6.07) is 8.34. The zero-order valence-corrected chi connectivity index (χ0v) is 11.8. The maximum atomic E-state index is 6.21. The lowest BCUT2D eigenvalue weighted by atomic mass is 10.1. The summed E-state index contributed by atoms with van der Waals surface area (Å²) in [4.78, 5) is 0. The Balaban J connectivity index is 2.40. The molecule has 1 rings (SSSR count). The lowest BCUT2D eigenvalue weighted by Gasteiger charge is -2.11. The molecule has 0 bridgehead atoms. The first kappa shape index (κ1) is 14.4. The van der Waals surface area contributed by atoms with Crippen LogP contribution in [0.25, 0.3) is 0 Å². The van der Waals surface area contributed by atoms with Gasteiger partial charge in [-0.15, -0.1) is 11.6 Å². The quantitative estimate of drug-likeness (QED) is 0.635. The zero-order chi connectivity index (χ0) is 12.7. The fourth-order valence-corrected chi connectivity index (χ4v) is 2.12. The van der Waals surface area contributed by atoms with Gasteiger partial charge in [-0.2, -0.15) is 0 Å². The summed E-state index contributed by atoms with van der Waals surface area (Å²) in [7, 11) is 0. The van der Waals surface area contributed by atoms with Crippen LogP contribution in [0.15, 0.2) is 24.3 Å². The van der Waals surface area contributed by atoms with Gasteiger partial charge in [0, 0.05) is 5.38 Å². The molecule has 0 amide bonds. The van der Waals surface area contributed by atoms with Crippen LogP contribution in [0, 0.1) is 0 Å². The first-order valence-electron chi connectivity index (χ1n) is 6.51. The van der Waals surface area contributed by atoms with E-state index in [0.29, 0.717) is 5.38 Å². The molecule has 1 aromatic carbocycles. The van der Waals surface area contributed by atoms with Gasteiger partial charge in [-0.25, -0.2) is 0 Å². The third-order valence-corrected chi connectivity index (χ3v) is 3.08. The highest BCUT2D eigenvalue weighted by molar-refractivity contribution is 6.20. The van der Waals surface area contributed by atoms with Crippen molar-refractivity contribution in [2.24, 2.45) is 0 Å². The van der Waals surface area contributed by atoms with Gasteiger partial charge < -0.3 is 4.74 Å². The summed E-state index contributed by atoms with van der Waals surface area (Å²) in [6.45, 7) is 6.25. The molecule has 0 aliphatic rings. The number of ether oxygens (including phenoxy) is 1. The molecule has 1 unspecified atom stereocenters. The number of alkyl halides is 1. The van der Waals surface area contributed by atoms with Crippen molar-refractivity contribution in [1.82, 2.24) is 0 Å². The number of benzene rings is 1. The predicted molar refractivity (Wildman–Crippen MR) is 75.1 cm³/mol. The number of hydrogen-bond donors (Lipinski definition) is 0. The van der Waals surface area contributed by atoms with E-state index in [1.165, 1.54) is 5.56 Å². The zero-order valence-electron chi connectivity index (χ0n) is 11.1. The Morgan fingerprint density at radius 2 is 1.76 bits per heavy atom. The molecule has 0 aliphatic carbocycles. The minimum absolute atomic E-state index is 0.234. The summed E-state index contributed by atoms with van der Waals surface area (Å²) in [5, 5.41) is 0.312. The third-order valence-electron chi connectivity index (χ3n) is 2.64. The highest BCUT2D eigenvalue weighted by Crippen LogP contribution is 2.17. The fourth-order valence-electron chi connectivity index (χ4n) is 1.79. The first-order chi connectivity index (χ1) is 8.11. The Morgan fingerprint density at radius 1 is 1.12 bits per heavy atom. The molecule has 0 aliphatic heterocycles. The smallest absolute Gasteiger partial charge is 0.119 e. The second-order valence-electron chi connectivity index (χ2n) is 4.74. The molecule has 17 heavy (non-hydrogen) atoms. The SMILES string of the molecule is CCCC(Cl)CCc1ccc(OC(C)C)cc1. The predicted octanol–water partition coefficient (Wildman–Crippen LogP) is 4.81. The van der Waals surface area contributed by atoms with E-state index in [4.69, 9.17) is 16.3 Å². The van der Waals surface area contributed by atoms with Crippen LogP contribution < -0.4 is 4.74 Å². The van der Waals surface area contributed by atoms with E-state index in [9.17, 15) is 0 Å². The van der Waals surface area contributed by atoms with Crippen LogP contribution in [0.3, 0.4) is 0 Å². The Bertz CT molecular complexity index is 305. The molecule has 0 N–H and O–H groups in total. The molecule has 0 heterocycles. The fraction of sp³-hybridized carbons (Fsp3) is 0.600. The molecule has 96 valence electrons. The van der Waals surface area contributed by atoms with Gasteiger partial charge in [-0.05, 0) is 50.8 Å². The summed E-state index contributed by atoms with van der Waals surface area (Å²) >= 11 is 6.21. The van der Waals surface area contributed by atoms with Crippen molar-refractivity contribution in [3.8, 4) is 5.75 Å². The average molecular weight is 255 g/mol. The molecule has 1 aromatic rings. The van der Waals surface area contributed by atoms with Crippen LogP contribution in [0.2, 0.25) is 0 Å². The molecule has 0 radical (unpaired) electrons. The van der Waals surface area contributed by atoms with Crippen LogP contribution in [0.4, 0.5) is 0 Å². The van der Waals surface area contributed by atoms with Gasteiger partial charge >= 0.3 is 0 Å². The lowest BCUT2D eigenvalue weighted by Crippen LogP contribution is -2.05. The molecule has 1 nitrogen and oxygen atoms in total. The van der Waals surface area contributed by atoms with Crippen LogP contribution in [0.1, 0.15) is 45.6 Å². The van der Waals surface area contributed by atoms with Crippen LogP contribution in [-0.4, -0.2) is 11.5 Å². The summed E-state index contributed by atoms with van der Waals surface area (Å²) in [5.74, 6) is 0.944. The van der Waals surface area contributed by atoms with Gasteiger partial charge in [0.05, 0.1) is 6.10 Å². The van der Waals surface area contributed by atoms with Gasteiger partial charge in [0.1, 0.15) is 5.75 Å². The van der Waals surface area contributed by atoms with Crippen molar-refractivity contribution in [1.29, 1.82) is 0 Å². The summed E-state index contributed by atoms with van der Waals surface area (Å²) in [5.41, 5.74) is 1.34. The van der Waals surface area contributed by atoms with Gasteiger partial charge in [0.2, 0.25) is 0 Å². The number of halogens is 1. The Labute approximate surface area is 110 Å².